The van der Waals surface area contributed by atoms with E-state index in [0.29, 0.717) is 12.1 Å². The molecule has 6 N–H and O–H groups in total. The first-order valence-corrected chi connectivity index (χ1v) is 7.31. The van der Waals surface area contributed by atoms with Gasteiger partial charge in [0.05, 0.1) is 6.10 Å². The zero-order chi connectivity index (χ0) is 18.0. The molecule has 23 heavy (non-hydrogen) atoms. The first kappa shape index (κ1) is 21.0. The quantitative estimate of drug-likeness (QED) is 0.281. The van der Waals surface area contributed by atoms with Crippen LogP contribution in [0.3, 0.4) is 0 Å². The number of aromatic hydroxyl groups is 2. The summed E-state index contributed by atoms with van der Waals surface area (Å²) < 4.78 is 0. The number of aliphatic carboxylic acids is 1. The molecule has 0 spiro atoms. The summed E-state index contributed by atoms with van der Waals surface area (Å²) in [6.45, 7) is 1.67. The summed E-state index contributed by atoms with van der Waals surface area (Å²) in [6.07, 6.45) is -0.670. The number of hydrogen-bond donors (Lipinski definition) is 7. The highest BCUT2D eigenvalue weighted by Gasteiger charge is 2.15. The molecule has 1 rings (SSSR count). The van der Waals surface area contributed by atoms with E-state index in [9.17, 15) is 14.7 Å². The van der Waals surface area contributed by atoms with E-state index in [1.165, 1.54) is 19.1 Å². The Morgan fingerprint density at radius 3 is 2.22 bits per heavy atom. The molecule has 2 atom stereocenters. The Morgan fingerprint density at radius 2 is 1.87 bits per heavy atom. The van der Waals surface area contributed by atoms with Crippen LogP contribution in [0.15, 0.2) is 18.2 Å². The maximum Gasteiger partial charge on any atom is 0.327 e. The van der Waals surface area contributed by atoms with Gasteiger partial charge in [-0.2, -0.15) is 12.6 Å². The highest BCUT2D eigenvalue weighted by molar-refractivity contribution is 7.80. The van der Waals surface area contributed by atoms with Gasteiger partial charge in [0.25, 0.3) is 0 Å². The molecule has 0 heterocycles. The first-order valence-electron chi connectivity index (χ1n) is 6.68. The van der Waals surface area contributed by atoms with Crippen LogP contribution in [-0.4, -0.2) is 57.7 Å². The van der Waals surface area contributed by atoms with Crippen LogP contribution in [0.5, 0.6) is 11.5 Å². The molecule has 0 saturated heterocycles. The highest BCUT2D eigenvalue weighted by Crippen LogP contribution is 2.27. The van der Waals surface area contributed by atoms with Crippen molar-refractivity contribution in [3.05, 3.63) is 23.8 Å². The molecule has 0 aliphatic heterocycles. The molecule has 8 nitrogen and oxygen atoms in total. The molecule has 0 bridgehead atoms. The van der Waals surface area contributed by atoms with E-state index in [2.05, 4.69) is 23.3 Å². The third-order valence-electron chi connectivity index (χ3n) is 2.64. The molecule has 9 heteroatoms. The van der Waals surface area contributed by atoms with Crippen molar-refractivity contribution in [3.63, 3.8) is 0 Å². The Morgan fingerprint density at radius 1 is 1.26 bits per heavy atom. The van der Waals surface area contributed by atoms with Crippen LogP contribution in [-0.2, 0) is 9.59 Å². The average Bonchev–Trinajstić information content (AvgIpc) is 2.48. The minimum atomic E-state index is -1.06. The molecule has 2 unspecified atom stereocenters. The van der Waals surface area contributed by atoms with Crippen molar-refractivity contribution in [3.8, 4) is 11.5 Å². The molecule has 0 radical (unpaired) electrons. The summed E-state index contributed by atoms with van der Waals surface area (Å²) in [5.41, 5.74) is 0.574. The first-order chi connectivity index (χ1) is 10.7. The number of rotatable bonds is 6. The van der Waals surface area contributed by atoms with E-state index in [1.54, 1.807) is 13.1 Å². The summed E-state index contributed by atoms with van der Waals surface area (Å²) in [7, 11) is 1.73. The second-order valence-electron chi connectivity index (χ2n) is 4.60. The summed E-state index contributed by atoms with van der Waals surface area (Å²) in [6, 6.07) is 3.39. The number of phenols is 2. The summed E-state index contributed by atoms with van der Waals surface area (Å²) in [4.78, 5) is 20.5. The lowest BCUT2D eigenvalue weighted by molar-refractivity contribution is -0.140. The standard InChI is InChI=1S/C9H13NO3.C5H9NO3S/c1-10-5-9(13)6-2-3-7(11)8(12)4-6;1-3(7)6-4(2-10)5(8)9/h2-4,9-13H,5H2,1H3;4,10H,2H2,1H3,(H,6,7)(H,8,9). The maximum absolute atomic E-state index is 10.3. The number of likely N-dealkylation sites (N-methyl/N-ethyl adjacent to an activating group) is 1. The number of aliphatic hydroxyl groups is 1. The van der Waals surface area contributed by atoms with Crippen molar-refractivity contribution in [1.29, 1.82) is 0 Å². The van der Waals surface area contributed by atoms with Gasteiger partial charge in [0.1, 0.15) is 6.04 Å². The van der Waals surface area contributed by atoms with Gasteiger partial charge >= 0.3 is 5.97 Å². The number of hydrogen-bond acceptors (Lipinski definition) is 7. The summed E-state index contributed by atoms with van der Waals surface area (Å²) >= 11 is 3.73. The lowest BCUT2D eigenvalue weighted by atomic mass is 10.1. The number of nitrogens with one attached hydrogen (secondary N) is 2. The third kappa shape index (κ3) is 8.29. The number of phenolic OH excluding ortho intramolecular Hbond substituents is 2. The SMILES string of the molecule is CC(=O)NC(CS)C(=O)O.CNCC(O)c1ccc(O)c(O)c1. The van der Waals surface area contributed by atoms with Gasteiger partial charge in [0.15, 0.2) is 11.5 Å². The molecule has 0 fully saturated rings. The van der Waals surface area contributed by atoms with Gasteiger partial charge in [-0.25, -0.2) is 4.79 Å². The lowest BCUT2D eigenvalue weighted by Gasteiger charge is -2.10. The van der Waals surface area contributed by atoms with Gasteiger partial charge in [-0.15, -0.1) is 0 Å². The average molecular weight is 346 g/mol. The molecule has 0 aromatic heterocycles. The van der Waals surface area contributed by atoms with Gasteiger partial charge in [0.2, 0.25) is 5.91 Å². The lowest BCUT2D eigenvalue weighted by Crippen LogP contribution is -2.40. The molecule has 0 saturated carbocycles. The van der Waals surface area contributed by atoms with Gasteiger partial charge in [-0.1, -0.05) is 6.07 Å². The van der Waals surface area contributed by atoms with E-state index in [0.717, 1.165) is 0 Å². The van der Waals surface area contributed by atoms with E-state index in [4.69, 9.17) is 15.3 Å². The van der Waals surface area contributed by atoms with Gasteiger partial charge in [-0.3, -0.25) is 4.79 Å². The highest BCUT2D eigenvalue weighted by atomic mass is 32.1. The van der Waals surface area contributed by atoms with E-state index in [1.807, 2.05) is 0 Å². The number of carboxylic acids is 1. The topological polar surface area (TPSA) is 139 Å². The fourth-order valence-electron chi connectivity index (χ4n) is 1.49. The van der Waals surface area contributed by atoms with Crippen LogP contribution in [0.4, 0.5) is 0 Å². The smallest absolute Gasteiger partial charge is 0.327 e. The second kappa shape index (κ2) is 10.7. The zero-order valence-corrected chi connectivity index (χ0v) is 13.7. The molecule has 0 aliphatic carbocycles. The van der Waals surface area contributed by atoms with E-state index >= 15 is 0 Å². The van der Waals surface area contributed by atoms with Crippen LogP contribution in [0.1, 0.15) is 18.6 Å². The largest absolute Gasteiger partial charge is 0.504 e. The van der Waals surface area contributed by atoms with Crippen LogP contribution < -0.4 is 10.6 Å². The molecule has 130 valence electrons. The Labute approximate surface area is 139 Å². The van der Waals surface area contributed by atoms with Crippen LogP contribution in [0.25, 0.3) is 0 Å². The fraction of sp³-hybridized carbons (Fsp3) is 0.429. The van der Waals surface area contributed by atoms with Crippen molar-refractivity contribution < 1.29 is 30.0 Å². The predicted octanol–water partition coefficient (Wildman–Crippen LogP) is -0.144. The number of carbonyl (C=O) groups excluding carboxylic acids is 1. The van der Waals surface area contributed by atoms with Crippen LogP contribution in [0, 0.1) is 0 Å². The molecular weight excluding hydrogens is 324 g/mol. The Bertz CT molecular complexity index is 526. The molecule has 0 aliphatic rings. The van der Waals surface area contributed by atoms with Gasteiger partial charge in [-0.05, 0) is 24.7 Å². The van der Waals surface area contributed by atoms with Crippen molar-refractivity contribution in [1.82, 2.24) is 10.6 Å². The van der Waals surface area contributed by atoms with Crippen molar-refractivity contribution in [2.24, 2.45) is 0 Å². The van der Waals surface area contributed by atoms with Crippen LogP contribution in [0.2, 0.25) is 0 Å². The van der Waals surface area contributed by atoms with E-state index in [-0.39, 0.29) is 23.2 Å². The Balaban J connectivity index is 0.000000438. The van der Waals surface area contributed by atoms with Crippen molar-refractivity contribution in [2.75, 3.05) is 19.3 Å². The van der Waals surface area contributed by atoms with E-state index < -0.39 is 18.1 Å². The number of thiol groups is 1. The fourth-order valence-corrected chi connectivity index (χ4v) is 1.74. The number of carbonyl (C=O) groups is 2. The van der Waals surface area contributed by atoms with Crippen molar-refractivity contribution >= 4 is 24.5 Å². The van der Waals surface area contributed by atoms with Crippen LogP contribution >= 0.6 is 12.6 Å². The number of benzene rings is 1. The number of carboxylic acid groups (broad SMARTS) is 1. The normalized spacial score (nSPS) is 12.5. The number of amides is 1. The molecule has 1 amide bonds. The third-order valence-corrected chi connectivity index (χ3v) is 3.01. The summed E-state index contributed by atoms with van der Waals surface area (Å²) in [5, 5.41) is 41.0. The molecule has 1 aromatic rings. The molecular formula is C14H22N2O6S. The number of aliphatic hydroxyl groups excluding tert-OH is 1. The van der Waals surface area contributed by atoms with Gasteiger partial charge < -0.3 is 31.1 Å². The van der Waals surface area contributed by atoms with Crippen molar-refractivity contribution in [2.45, 2.75) is 19.1 Å². The second-order valence-corrected chi connectivity index (χ2v) is 4.96. The Kier molecular flexibility index (Phi) is 9.79. The maximum atomic E-state index is 10.3. The summed E-state index contributed by atoms with van der Waals surface area (Å²) in [5.74, 6) is -1.71. The monoisotopic (exact) mass is 346 g/mol. The zero-order valence-electron chi connectivity index (χ0n) is 12.9. The van der Waals surface area contributed by atoms with Gasteiger partial charge in [0, 0.05) is 19.2 Å². The Hall–Kier alpha value is -1.97. The minimum Gasteiger partial charge on any atom is -0.504 e. The molecule has 1 aromatic carbocycles. The predicted molar refractivity (Wildman–Crippen MR) is 87.8 cm³/mol. The minimum absolute atomic E-state index is 0.106.